The van der Waals surface area contributed by atoms with Crippen LogP contribution in [0.15, 0.2) is 18.2 Å². The average molecular weight is 283 g/mol. The summed E-state index contributed by atoms with van der Waals surface area (Å²) in [6.45, 7) is 2.06. The SMILES string of the molecule is CC(C(O)c1ccc2c(c1)C(=O)NCC2)S(C)(=O)=O. The highest BCUT2D eigenvalue weighted by atomic mass is 32.2. The molecule has 1 heterocycles. The van der Waals surface area contributed by atoms with Gasteiger partial charge in [0.2, 0.25) is 0 Å². The molecule has 19 heavy (non-hydrogen) atoms. The number of aliphatic hydroxyl groups is 1. The minimum Gasteiger partial charge on any atom is -0.387 e. The Morgan fingerprint density at radius 2 is 2.05 bits per heavy atom. The van der Waals surface area contributed by atoms with Crippen molar-refractivity contribution in [3.63, 3.8) is 0 Å². The fourth-order valence-electron chi connectivity index (χ4n) is 2.12. The van der Waals surface area contributed by atoms with Gasteiger partial charge >= 0.3 is 0 Å². The number of hydrogen-bond donors (Lipinski definition) is 2. The van der Waals surface area contributed by atoms with Crippen LogP contribution in [0.3, 0.4) is 0 Å². The van der Waals surface area contributed by atoms with E-state index in [1.807, 2.05) is 0 Å². The summed E-state index contributed by atoms with van der Waals surface area (Å²) in [6.07, 6.45) is 0.709. The maximum absolute atomic E-state index is 11.7. The van der Waals surface area contributed by atoms with Crippen LogP contribution in [0.2, 0.25) is 0 Å². The quantitative estimate of drug-likeness (QED) is 0.843. The second kappa shape index (κ2) is 4.94. The van der Waals surface area contributed by atoms with Gasteiger partial charge in [0.25, 0.3) is 5.91 Å². The molecule has 1 aliphatic heterocycles. The molecule has 0 aromatic heterocycles. The summed E-state index contributed by atoms with van der Waals surface area (Å²) in [6, 6.07) is 5.04. The van der Waals surface area contributed by atoms with Crippen molar-refractivity contribution in [1.29, 1.82) is 0 Å². The van der Waals surface area contributed by atoms with Crippen molar-refractivity contribution in [2.24, 2.45) is 0 Å². The van der Waals surface area contributed by atoms with E-state index in [9.17, 15) is 18.3 Å². The van der Waals surface area contributed by atoms with E-state index in [1.54, 1.807) is 18.2 Å². The van der Waals surface area contributed by atoms with E-state index in [0.29, 0.717) is 17.7 Å². The van der Waals surface area contributed by atoms with Gasteiger partial charge in [0.15, 0.2) is 9.84 Å². The van der Waals surface area contributed by atoms with Crippen molar-refractivity contribution in [1.82, 2.24) is 5.32 Å². The van der Waals surface area contributed by atoms with Gasteiger partial charge in [0.05, 0.1) is 11.4 Å². The summed E-state index contributed by atoms with van der Waals surface area (Å²) in [4.78, 5) is 11.7. The molecule has 1 amide bonds. The van der Waals surface area contributed by atoms with Gasteiger partial charge in [-0.2, -0.15) is 0 Å². The molecule has 0 saturated heterocycles. The van der Waals surface area contributed by atoms with Crippen LogP contribution in [-0.4, -0.2) is 37.5 Å². The van der Waals surface area contributed by atoms with Gasteiger partial charge in [-0.3, -0.25) is 4.79 Å². The lowest BCUT2D eigenvalue weighted by atomic mass is 9.95. The zero-order valence-corrected chi connectivity index (χ0v) is 11.7. The zero-order chi connectivity index (χ0) is 14.2. The topological polar surface area (TPSA) is 83.5 Å². The number of sulfone groups is 1. The molecular formula is C13H17NO4S. The van der Waals surface area contributed by atoms with Gasteiger partial charge in [-0.15, -0.1) is 0 Å². The number of fused-ring (bicyclic) bond motifs is 1. The molecule has 104 valence electrons. The number of carbonyl (C=O) groups excluding carboxylic acids is 1. The first kappa shape index (κ1) is 14.0. The van der Waals surface area contributed by atoms with Gasteiger partial charge in [0.1, 0.15) is 0 Å². The van der Waals surface area contributed by atoms with Gasteiger partial charge in [0, 0.05) is 18.4 Å². The second-order valence-electron chi connectivity index (χ2n) is 4.90. The second-order valence-corrected chi connectivity index (χ2v) is 7.30. The van der Waals surface area contributed by atoms with Crippen LogP contribution in [0, 0.1) is 0 Å². The van der Waals surface area contributed by atoms with E-state index in [1.165, 1.54) is 6.92 Å². The summed E-state index contributed by atoms with van der Waals surface area (Å²) in [5, 5.41) is 11.9. The van der Waals surface area contributed by atoms with E-state index in [0.717, 1.165) is 18.2 Å². The third-order valence-electron chi connectivity index (χ3n) is 3.52. The number of hydrogen-bond acceptors (Lipinski definition) is 4. The number of benzene rings is 1. The first-order valence-corrected chi connectivity index (χ1v) is 8.04. The summed E-state index contributed by atoms with van der Waals surface area (Å²) in [7, 11) is -3.34. The van der Waals surface area contributed by atoms with Crippen LogP contribution < -0.4 is 5.32 Å². The molecule has 2 N–H and O–H groups in total. The number of rotatable bonds is 3. The summed E-state index contributed by atoms with van der Waals surface area (Å²) >= 11 is 0. The van der Waals surface area contributed by atoms with E-state index in [2.05, 4.69) is 5.32 Å². The molecule has 1 aliphatic rings. The molecule has 1 aromatic carbocycles. The highest BCUT2D eigenvalue weighted by Crippen LogP contribution is 2.25. The van der Waals surface area contributed by atoms with Crippen molar-refractivity contribution in [3.05, 3.63) is 34.9 Å². The monoisotopic (exact) mass is 283 g/mol. The Kier molecular flexibility index (Phi) is 3.64. The van der Waals surface area contributed by atoms with Gasteiger partial charge in [-0.05, 0) is 30.5 Å². The smallest absolute Gasteiger partial charge is 0.251 e. The minimum absolute atomic E-state index is 0.178. The Morgan fingerprint density at radius 1 is 1.37 bits per heavy atom. The molecule has 1 aromatic rings. The maximum atomic E-state index is 11.7. The number of carbonyl (C=O) groups is 1. The van der Waals surface area contributed by atoms with Crippen LogP contribution in [0.1, 0.15) is 34.5 Å². The van der Waals surface area contributed by atoms with E-state index < -0.39 is 21.2 Å². The molecular weight excluding hydrogens is 266 g/mol. The molecule has 0 saturated carbocycles. The molecule has 6 heteroatoms. The van der Waals surface area contributed by atoms with E-state index >= 15 is 0 Å². The highest BCUT2D eigenvalue weighted by Gasteiger charge is 2.27. The van der Waals surface area contributed by atoms with Crippen molar-refractivity contribution in [2.45, 2.75) is 24.7 Å². The minimum atomic E-state index is -3.34. The lowest BCUT2D eigenvalue weighted by Gasteiger charge is -2.21. The molecule has 0 spiro atoms. The fourth-order valence-corrected chi connectivity index (χ4v) is 2.74. The molecule has 0 bridgehead atoms. The number of nitrogens with one attached hydrogen (secondary N) is 1. The van der Waals surface area contributed by atoms with Gasteiger partial charge in [-0.25, -0.2) is 8.42 Å². The Bertz CT molecular complexity index is 609. The maximum Gasteiger partial charge on any atom is 0.251 e. The third kappa shape index (κ3) is 2.79. The number of amides is 1. The lowest BCUT2D eigenvalue weighted by molar-refractivity contribution is 0.0945. The first-order chi connectivity index (χ1) is 8.80. The largest absolute Gasteiger partial charge is 0.387 e. The zero-order valence-electron chi connectivity index (χ0n) is 10.9. The summed E-state index contributed by atoms with van der Waals surface area (Å²) in [5.74, 6) is -0.178. The van der Waals surface area contributed by atoms with E-state index in [4.69, 9.17) is 0 Å². The molecule has 2 atom stereocenters. The molecule has 0 fully saturated rings. The lowest BCUT2D eigenvalue weighted by Crippen LogP contribution is -2.32. The Hall–Kier alpha value is -1.40. The van der Waals surface area contributed by atoms with Crippen LogP contribution in [-0.2, 0) is 16.3 Å². The summed E-state index contributed by atoms with van der Waals surface area (Å²) < 4.78 is 22.9. The van der Waals surface area contributed by atoms with Crippen molar-refractivity contribution < 1.29 is 18.3 Å². The van der Waals surface area contributed by atoms with Crippen LogP contribution in [0.5, 0.6) is 0 Å². The van der Waals surface area contributed by atoms with Crippen molar-refractivity contribution >= 4 is 15.7 Å². The highest BCUT2D eigenvalue weighted by molar-refractivity contribution is 7.91. The first-order valence-electron chi connectivity index (χ1n) is 6.08. The molecule has 0 radical (unpaired) electrons. The van der Waals surface area contributed by atoms with Crippen LogP contribution >= 0.6 is 0 Å². The number of aliphatic hydroxyl groups excluding tert-OH is 1. The predicted molar refractivity (Wildman–Crippen MR) is 71.7 cm³/mol. The fraction of sp³-hybridized carbons (Fsp3) is 0.462. The van der Waals surface area contributed by atoms with Crippen molar-refractivity contribution in [2.75, 3.05) is 12.8 Å². The average Bonchev–Trinajstić information content (AvgIpc) is 2.36. The third-order valence-corrected chi connectivity index (χ3v) is 5.13. The Morgan fingerprint density at radius 3 is 2.68 bits per heavy atom. The molecule has 5 nitrogen and oxygen atoms in total. The van der Waals surface area contributed by atoms with Gasteiger partial charge < -0.3 is 10.4 Å². The van der Waals surface area contributed by atoms with Gasteiger partial charge in [-0.1, -0.05) is 12.1 Å². The standard InChI is InChI=1S/C13H17NO4S/c1-8(19(2,17)18)12(15)10-4-3-9-5-6-14-13(16)11(9)7-10/h3-4,7-8,12,15H,5-6H2,1-2H3,(H,14,16). The predicted octanol–water partition coefficient (Wildman–Crippen LogP) is 0.439. The van der Waals surface area contributed by atoms with Crippen LogP contribution in [0.25, 0.3) is 0 Å². The Labute approximate surface area is 112 Å². The molecule has 2 rings (SSSR count). The molecule has 2 unspecified atom stereocenters. The van der Waals surface area contributed by atoms with E-state index in [-0.39, 0.29) is 5.91 Å². The van der Waals surface area contributed by atoms with Crippen LogP contribution in [0.4, 0.5) is 0 Å². The normalized spacial score (nSPS) is 18.4. The Balaban J connectivity index is 2.37. The van der Waals surface area contributed by atoms with Crippen molar-refractivity contribution in [3.8, 4) is 0 Å². The molecule has 0 aliphatic carbocycles. The summed E-state index contributed by atoms with van der Waals surface area (Å²) in [5.41, 5.74) is 1.89.